The number of aromatic nitrogens is 2. The van der Waals surface area contributed by atoms with Crippen molar-refractivity contribution in [3.05, 3.63) is 34.9 Å². The Bertz CT molecular complexity index is 730. The molecule has 1 aromatic heterocycles. The van der Waals surface area contributed by atoms with Gasteiger partial charge >= 0.3 is 0 Å². The maximum absolute atomic E-state index is 10.2. The molecule has 1 fully saturated rings. The summed E-state index contributed by atoms with van der Waals surface area (Å²) in [5.41, 5.74) is 10.5. The van der Waals surface area contributed by atoms with E-state index in [1.165, 1.54) is 0 Å². The zero-order valence-electron chi connectivity index (χ0n) is 11.8. The number of rotatable bonds is 1. The van der Waals surface area contributed by atoms with Gasteiger partial charge in [0.05, 0.1) is 12.2 Å². The van der Waals surface area contributed by atoms with Gasteiger partial charge in [-0.15, -0.1) is 10.2 Å². The van der Waals surface area contributed by atoms with Crippen LogP contribution in [0.1, 0.15) is 35.6 Å². The number of hydrogen-bond acceptors (Lipinski definition) is 5. The van der Waals surface area contributed by atoms with E-state index in [0.717, 1.165) is 41.6 Å². The molecule has 0 amide bonds. The van der Waals surface area contributed by atoms with Crippen molar-refractivity contribution in [3.63, 3.8) is 0 Å². The van der Waals surface area contributed by atoms with Crippen LogP contribution in [0.3, 0.4) is 0 Å². The van der Waals surface area contributed by atoms with E-state index < -0.39 is 0 Å². The van der Waals surface area contributed by atoms with Crippen molar-refractivity contribution in [2.75, 3.05) is 5.73 Å². The molecule has 0 aliphatic carbocycles. The Hall–Kier alpha value is -2.14. The number of hydrogen-bond donors (Lipinski definition) is 2. The number of fused-ring (bicyclic) bond motifs is 4. The second-order valence-electron chi connectivity index (χ2n) is 5.87. The molecule has 2 bridgehead atoms. The minimum Gasteiger partial charge on any atom is -0.507 e. The highest BCUT2D eigenvalue weighted by Crippen LogP contribution is 2.46. The quantitative estimate of drug-likeness (QED) is 0.840. The van der Waals surface area contributed by atoms with Crippen LogP contribution in [0.15, 0.2) is 18.2 Å². The maximum atomic E-state index is 10.2. The molecule has 1 saturated heterocycles. The number of nitrogens with two attached hydrogens (primary N) is 1. The standard InChI is InChI=1S/C16H17N3O2/c1-8-2-4-10(12(20)6-8)15-11-7-9-3-5-13(21-9)14(11)16(17)19-18-15/h2,4,6,9,13,20H,3,5,7H2,1H3,(H2,17,19). The van der Waals surface area contributed by atoms with E-state index in [0.29, 0.717) is 11.4 Å². The average Bonchev–Trinajstić information content (AvgIpc) is 2.82. The molecule has 21 heavy (non-hydrogen) atoms. The average molecular weight is 283 g/mol. The Morgan fingerprint density at radius 2 is 2.14 bits per heavy atom. The second-order valence-corrected chi connectivity index (χ2v) is 5.87. The Kier molecular flexibility index (Phi) is 2.65. The summed E-state index contributed by atoms with van der Waals surface area (Å²) in [6.07, 6.45) is 3.07. The summed E-state index contributed by atoms with van der Waals surface area (Å²) in [5, 5.41) is 18.6. The summed E-state index contributed by atoms with van der Waals surface area (Å²) in [5.74, 6) is 0.681. The highest BCUT2D eigenvalue weighted by atomic mass is 16.5. The molecule has 2 atom stereocenters. The first-order valence-electron chi connectivity index (χ1n) is 7.24. The molecule has 108 valence electrons. The second kappa shape index (κ2) is 4.43. The van der Waals surface area contributed by atoms with Crippen molar-refractivity contribution in [1.29, 1.82) is 0 Å². The van der Waals surface area contributed by atoms with Gasteiger partial charge in [0.2, 0.25) is 0 Å². The van der Waals surface area contributed by atoms with Gasteiger partial charge in [-0.05, 0) is 43.0 Å². The fourth-order valence-electron chi connectivity index (χ4n) is 3.42. The van der Waals surface area contributed by atoms with Gasteiger partial charge in [0.1, 0.15) is 11.4 Å². The lowest BCUT2D eigenvalue weighted by Gasteiger charge is -2.26. The fourth-order valence-corrected chi connectivity index (χ4v) is 3.42. The number of anilines is 1. The first-order valence-corrected chi connectivity index (χ1v) is 7.24. The molecule has 3 N–H and O–H groups in total. The smallest absolute Gasteiger partial charge is 0.152 e. The predicted molar refractivity (Wildman–Crippen MR) is 78.8 cm³/mol. The van der Waals surface area contributed by atoms with Crippen LogP contribution < -0.4 is 5.73 Å². The van der Waals surface area contributed by atoms with Gasteiger partial charge in [-0.1, -0.05) is 6.07 Å². The SMILES string of the molecule is Cc1ccc(-c2nnc(N)c3c2CC2CCC3O2)c(O)c1. The Morgan fingerprint density at radius 3 is 2.95 bits per heavy atom. The molecule has 5 heteroatoms. The molecule has 3 heterocycles. The van der Waals surface area contributed by atoms with Gasteiger partial charge in [-0.3, -0.25) is 0 Å². The number of nitrogen functional groups attached to an aromatic ring is 1. The normalized spacial score (nSPS) is 23.1. The van der Waals surface area contributed by atoms with Crippen molar-refractivity contribution in [2.45, 2.75) is 38.4 Å². The topological polar surface area (TPSA) is 81.3 Å². The third-order valence-electron chi connectivity index (χ3n) is 4.41. The molecule has 2 aromatic rings. The van der Waals surface area contributed by atoms with Crippen molar-refractivity contribution >= 4 is 5.82 Å². The van der Waals surface area contributed by atoms with E-state index in [1.807, 2.05) is 19.1 Å². The third kappa shape index (κ3) is 1.88. The van der Waals surface area contributed by atoms with Crippen LogP contribution in [0, 0.1) is 6.92 Å². The molecule has 4 rings (SSSR count). The Morgan fingerprint density at radius 1 is 1.29 bits per heavy atom. The van der Waals surface area contributed by atoms with E-state index in [4.69, 9.17) is 10.5 Å². The van der Waals surface area contributed by atoms with Gasteiger partial charge in [0.15, 0.2) is 5.82 Å². The lowest BCUT2D eigenvalue weighted by atomic mass is 9.94. The molecule has 0 spiro atoms. The Labute approximate surface area is 122 Å². The number of ether oxygens (including phenoxy) is 1. The number of aryl methyl sites for hydroxylation is 1. The van der Waals surface area contributed by atoms with Gasteiger partial charge in [0, 0.05) is 17.5 Å². The summed E-state index contributed by atoms with van der Waals surface area (Å²) in [4.78, 5) is 0. The number of benzene rings is 1. The first-order chi connectivity index (χ1) is 10.1. The van der Waals surface area contributed by atoms with E-state index in [2.05, 4.69) is 10.2 Å². The van der Waals surface area contributed by atoms with Crippen LogP contribution in [0.2, 0.25) is 0 Å². The number of nitrogens with zero attached hydrogens (tertiary/aromatic N) is 2. The van der Waals surface area contributed by atoms with Crippen LogP contribution >= 0.6 is 0 Å². The molecule has 1 aromatic carbocycles. The monoisotopic (exact) mass is 283 g/mol. The lowest BCUT2D eigenvalue weighted by molar-refractivity contribution is 0.0326. The van der Waals surface area contributed by atoms with E-state index >= 15 is 0 Å². The molecule has 2 aliphatic heterocycles. The molecular weight excluding hydrogens is 266 g/mol. The van der Waals surface area contributed by atoms with Crippen LogP contribution in [-0.2, 0) is 11.2 Å². The lowest BCUT2D eigenvalue weighted by Crippen LogP contribution is -2.21. The summed E-state index contributed by atoms with van der Waals surface area (Å²) in [7, 11) is 0. The summed E-state index contributed by atoms with van der Waals surface area (Å²) < 4.78 is 5.93. The Balaban J connectivity index is 1.93. The van der Waals surface area contributed by atoms with E-state index in [1.54, 1.807) is 6.07 Å². The predicted octanol–water partition coefficient (Wildman–Crippen LogP) is 2.52. The molecule has 0 saturated carbocycles. The third-order valence-corrected chi connectivity index (χ3v) is 4.41. The van der Waals surface area contributed by atoms with E-state index in [9.17, 15) is 5.11 Å². The summed E-state index contributed by atoms with van der Waals surface area (Å²) in [6.45, 7) is 1.95. The largest absolute Gasteiger partial charge is 0.507 e. The summed E-state index contributed by atoms with van der Waals surface area (Å²) >= 11 is 0. The first kappa shape index (κ1) is 12.6. The van der Waals surface area contributed by atoms with Gasteiger partial charge in [-0.2, -0.15) is 0 Å². The number of aromatic hydroxyl groups is 1. The van der Waals surface area contributed by atoms with Crippen LogP contribution in [0.25, 0.3) is 11.3 Å². The molecule has 0 radical (unpaired) electrons. The number of phenolic OH excluding ortho intramolecular Hbond substituents is 1. The van der Waals surface area contributed by atoms with Crippen molar-refractivity contribution < 1.29 is 9.84 Å². The molecule has 2 aliphatic rings. The molecule has 5 nitrogen and oxygen atoms in total. The molecule has 2 unspecified atom stereocenters. The number of phenols is 1. The summed E-state index contributed by atoms with van der Waals surface area (Å²) in [6, 6.07) is 5.60. The fraction of sp³-hybridized carbons (Fsp3) is 0.375. The van der Waals surface area contributed by atoms with E-state index in [-0.39, 0.29) is 18.0 Å². The van der Waals surface area contributed by atoms with Gasteiger partial charge in [-0.25, -0.2) is 0 Å². The van der Waals surface area contributed by atoms with Gasteiger partial charge in [0.25, 0.3) is 0 Å². The minimum atomic E-state index is 0.0283. The molecular formula is C16H17N3O2. The highest BCUT2D eigenvalue weighted by molar-refractivity contribution is 5.73. The van der Waals surface area contributed by atoms with Crippen LogP contribution in [0.4, 0.5) is 5.82 Å². The highest BCUT2D eigenvalue weighted by Gasteiger charge is 2.37. The van der Waals surface area contributed by atoms with Crippen LogP contribution in [-0.4, -0.2) is 21.4 Å². The van der Waals surface area contributed by atoms with Crippen molar-refractivity contribution in [2.24, 2.45) is 0 Å². The zero-order chi connectivity index (χ0) is 14.6. The van der Waals surface area contributed by atoms with Crippen molar-refractivity contribution in [3.8, 4) is 17.0 Å². The van der Waals surface area contributed by atoms with Gasteiger partial charge < -0.3 is 15.6 Å². The van der Waals surface area contributed by atoms with Crippen molar-refractivity contribution in [1.82, 2.24) is 10.2 Å². The minimum absolute atomic E-state index is 0.0283. The maximum Gasteiger partial charge on any atom is 0.152 e. The zero-order valence-corrected chi connectivity index (χ0v) is 11.8. The van der Waals surface area contributed by atoms with Crippen LogP contribution in [0.5, 0.6) is 5.75 Å².